The molecule has 1 N–H and O–H groups in total. The van der Waals surface area contributed by atoms with Crippen molar-refractivity contribution in [2.75, 3.05) is 0 Å². The van der Waals surface area contributed by atoms with Gasteiger partial charge in [0, 0.05) is 0 Å². The minimum absolute atomic E-state index is 0.132. The van der Waals surface area contributed by atoms with Crippen LogP contribution in [0.5, 0.6) is 5.75 Å². The first-order chi connectivity index (χ1) is 6.63. The Kier molecular flexibility index (Phi) is 3.95. The van der Waals surface area contributed by atoms with Gasteiger partial charge in [0.2, 0.25) is 0 Å². The summed E-state index contributed by atoms with van der Waals surface area (Å²) in [5, 5.41) is 8.74. The quantitative estimate of drug-likeness (QED) is 0.670. The van der Waals surface area contributed by atoms with Gasteiger partial charge in [-0.3, -0.25) is 0 Å². The lowest BCUT2D eigenvalue weighted by Crippen LogP contribution is -2.11. The molecule has 4 heteroatoms. The molecule has 3 nitrogen and oxygen atoms in total. The normalized spacial score (nSPS) is 12.1. The van der Waals surface area contributed by atoms with E-state index in [-0.39, 0.29) is 10.8 Å². The number of hydrogen-bond donors (Lipinski definition) is 1. The molecule has 0 amide bonds. The van der Waals surface area contributed by atoms with Crippen LogP contribution in [0.25, 0.3) is 0 Å². The molecule has 0 saturated heterocycles. The fourth-order valence-corrected chi connectivity index (χ4v) is 1.03. The lowest BCUT2D eigenvalue weighted by molar-refractivity contribution is 0.0464. The van der Waals surface area contributed by atoms with E-state index in [4.69, 9.17) is 9.84 Å². The van der Waals surface area contributed by atoms with Crippen LogP contribution in [-0.2, 0) is 4.74 Å². The SMILES string of the molecule is CCC(Br)OC(=O)c1ccc(O)cc1. The van der Waals surface area contributed by atoms with Crippen LogP contribution in [0.3, 0.4) is 0 Å². The van der Waals surface area contributed by atoms with Crippen LogP contribution in [0.1, 0.15) is 23.7 Å². The summed E-state index contributed by atoms with van der Waals surface area (Å²) in [5.74, 6) is -0.263. The molecule has 0 aliphatic carbocycles. The van der Waals surface area contributed by atoms with E-state index in [1.54, 1.807) is 0 Å². The molecule has 0 fully saturated rings. The third kappa shape index (κ3) is 3.03. The average Bonchev–Trinajstić information content (AvgIpc) is 2.18. The summed E-state index contributed by atoms with van der Waals surface area (Å²) in [6.45, 7) is 1.91. The van der Waals surface area contributed by atoms with Crippen molar-refractivity contribution in [3.63, 3.8) is 0 Å². The number of alkyl halides is 1. The second kappa shape index (κ2) is 5.00. The van der Waals surface area contributed by atoms with Gasteiger partial charge in [-0.25, -0.2) is 4.79 Å². The molecule has 0 heterocycles. The molecule has 76 valence electrons. The minimum Gasteiger partial charge on any atom is -0.508 e. The number of rotatable bonds is 3. The van der Waals surface area contributed by atoms with E-state index >= 15 is 0 Å². The number of benzene rings is 1. The standard InChI is InChI=1S/C10H11BrO3/c1-2-9(11)14-10(13)7-3-5-8(12)6-4-7/h3-6,9,12H,2H2,1H3. The number of phenolic OH excluding ortho intramolecular Hbond substituents is 1. The van der Waals surface area contributed by atoms with Gasteiger partial charge in [-0.15, -0.1) is 0 Å². The van der Waals surface area contributed by atoms with Gasteiger partial charge < -0.3 is 9.84 Å². The Morgan fingerprint density at radius 2 is 2.07 bits per heavy atom. The molecule has 0 bridgehead atoms. The van der Waals surface area contributed by atoms with Crippen LogP contribution in [0.15, 0.2) is 24.3 Å². The van der Waals surface area contributed by atoms with Crippen molar-refractivity contribution in [1.82, 2.24) is 0 Å². The zero-order valence-corrected chi connectivity index (χ0v) is 9.32. The number of aromatic hydroxyl groups is 1. The Bertz CT molecular complexity index is 308. The fraction of sp³-hybridized carbons (Fsp3) is 0.300. The number of hydrogen-bond acceptors (Lipinski definition) is 3. The summed E-state index contributed by atoms with van der Waals surface area (Å²) in [5.41, 5.74) is 0.431. The van der Waals surface area contributed by atoms with E-state index < -0.39 is 5.97 Å². The summed E-state index contributed by atoms with van der Waals surface area (Å²) in [6.07, 6.45) is 0.712. The number of carbonyl (C=O) groups excluding carboxylic acids is 1. The van der Waals surface area contributed by atoms with Gasteiger partial charge in [0.05, 0.1) is 5.56 Å². The van der Waals surface area contributed by atoms with E-state index in [1.165, 1.54) is 24.3 Å². The largest absolute Gasteiger partial charge is 0.508 e. The molecule has 1 unspecified atom stereocenters. The number of halogens is 1. The maximum atomic E-state index is 11.4. The topological polar surface area (TPSA) is 46.5 Å². The lowest BCUT2D eigenvalue weighted by Gasteiger charge is -2.08. The Balaban J connectivity index is 2.65. The smallest absolute Gasteiger partial charge is 0.339 e. The highest BCUT2D eigenvalue weighted by Crippen LogP contribution is 2.13. The number of phenols is 1. The summed E-state index contributed by atoms with van der Waals surface area (Å²) in [6, 6.07) is 5.94. The monoisotopic (exact) mass is 258 g/mol. The predicted octanol–water partition coefficient (Wildman–Crippen LogP) is 2.68. The Morgan fingerprint density at radius 1 is 1.50 bits per heavy atom. The van der Waals surface area contributed by atoms with Gasteiger partial charge in [-0.1, -0.05) is 6.92 Å². The molecule has 0 radical (unpaired) electrons. The average molecular weight is 259 g/mol. The van der Waals surface area contributed by atoms with Crippen LogP contribution in [0.2, 0.25) is 0 Å². The highest BCUT2D eigenvalue weighted by molar-refractivity contribution is 9.09. The number of ether oxygens (including phenoxy) is 1. The maximum Gasteiger partial charge on any atom is 0.339 e. The summed E-state index contributed by atoms with van der Waals surface area (Å²) >= 11 is 3.20. The first kappa shape index (κ1) is 11.0. The van der Waals surface area contributed by atoms with Crippen LogP contribution in [-0.4, -0.2) is 16.1 Å². The molecular weight excluding hydrogens is 248 g/mol. The highest BCUT2D eigenvalue weighted by atomic mass is 79.9. The van der Waals surface area contributed by atoms with E-state index in [9.17, 15) is 4.79 Å². The van der Waals surface area contributed by atoms with E-state index in [1.807, 2.05) is 6.92 Å². The van der Waals surface area contributed by atoms with Gasteiger partial charge in [0.1, 0.15) is 5.75 Å². The van der Waals surface area contributed by atoms with Crippen molar-refractivity contribution in [1.29, 1.82) is 0 Å². The van der Waals surface area contributed by atoms with Crippen molar-refractivity contribution >= 4 is 21.9 Å². The summed E-state index contributed by atoms with van der Waals surface area (Å²) < 4.78 is 5.02. The molecule has 14 heavy (non-hydrogen) atoms. The molecular formula is C10H11BrO3. The van der Waals surface area contributed by atoms with Crippen molar-refractivity contribution in [3.05, 3.63) is 29.8 Å². The first-order valence-corrected chi connectivity index (χ1v) is 5.19. The fourth-order valence-electron chi connectivity index (χ4n) is 0.865. The van der Waals surface area contributed by atoms with Crippen LogP contribution >= 0.6 is 15.9 Å². The minimum atomic E-state index is -0.395. The van der Waals surface area contributed by atoms with Crippen molar-refractivity contribution in [2.45, 2.75) is 18.4 Å². The molecule has 0 saturated carbocycles. The van der Waals surface area contributed by atoms with Gasteiger partial charge in [0.25, 0.3) is 0 Å². The lowest BCUT2D eigenvalue weighted by atomic mass is 10.2. The van der Waals surface area contributed by atoms with Crippen LogP contribution in [0, 0.1) is 0 Å². The Morgan fingerprint density at radius 3 is 2.57 bits per heavy atom. The van der Waals surface area contributed by atoms with Gasteiger partial charge in [-0.2, -0.15) is 0 Å². The molecule has 1 aromatic carbocycles. The number of esters is 1. The molecule has 1 aromatic rings. The van der Waals surface area contributed by atoms with Gasteiger partial charge in [0.15, 0.2) is 5.01 Å². The van der Waals surface area contributed by atoms with Crippen molar-refractivity contribution in [3.8, 4) is 5.75 Å². The second-order valence-corrected chi connectivity index (χ2v) is 3.79. The molecule has 0 spiro atoms. The number of carbonyl (C=O) groups is 1. The van der Waals surface area contributed by atoms with Crippen molar-refractivity contribution in [2.24, 2.45) is 0 Å². The first-order valence-electron chi connectivity index (χ1n) is 4.27. The van der Waals surface area contributed by atoms with Crippen LogP contribution in [0.4, 0.5) is 0 Å². The third-order valence-electron chi connectivity index (χ3n) is 1.66. The van der Waals surface area contributed by atoms with E-state index in [0.717, 1.165) is 0 Å². The van der Waals surface area contributed by atoms with Crippen LogP contribution < -0.4 is 0 Å². The van der Waals surface area contributed by atoms with E-state index in [0.29, 0.717) is 12.0 Å². The van der Waals surface area contributed by atoms with E-state index in [2.05, 4.69) is 15.9 Å². The summed E-state index contributed by atoms with van der Waals surface area (Å²) in [7, 11) is 0. The molecule has 0 aliphatic heterocycles. The van der Waals surface area contributed by atoms with Gasteiger partial charge in [-0.05, 0) is 46.6 Å². The Hall–Kier alpha value is -1.03. The molecule has 1 atom stereocenters. The molecule has 0 aliphatic rings. The van der Waals surface area contributed by atoms with Gasteiger partial charge >= 0.3 is 5.97 Å². The zero-order chi connectivity index (χ0) is 10.6. The second-order valence-electron chi connectivity index (χ2n) is 2.77. The molecule has 1 rings (SSSR count). The maximum absolute atomic E-state index is 11.4. The molecule has 0 aromatic heterocycles. The van der Waals surface area contributed by atoms with Crippen molar-refractivity contribution < 1.29 is 14.6 Å². The Labute approximate surface area is 90.8 Å². The highest BCUT2D eigenvalue weighted by Gasteiger charge is 2.10. The summed E-state index contributed by atoms with van der Waals surface area (Å²) in [4.78, 5) is 11.4. The zero-order valence-electron chi connectivity index (χ0n) is 7.74. The predicted molar refractivity (Wildman–Crippen MR) is 56.5 cm³/mol. The third-order valence-corrected chi connectivity index (χ3v) is 2.49.